The van der Waals surface area contributed by atoms with E-state index in [1.165, 1.54) is 23.9 Å². The van der Waals surface area contributed by atoms with Crippen molar-refractivity contribution in [2.24, 2.45) is 0 Å². The van der Waals surface area contributed by atoms with Crippen LogP contribution in [0.25, 0.3) is 0 Å². The molecule has 0 unspecified atom stereocenters. The largest absolute Gasteiger partial charge is 0.497 e. The van der Waals surface area contributed by atoms with Gasteiger partial charge in [0.2, 0.25) is 5.91 Å². The maximum atomic E-state index is 12.4. The molecular formula is C22H22N2O4S2. The number of ether oxygens (including phenoxy) is 1. The van der Waals surface area contributed by atoms with Gasteiger partial charge >= 0.3 is 0 Å². The molecule has 156 valence electrons. The second-order valence-electron chi connectivity index (χ2n) is 6.38. The Balaban J connectivity index is 1.50. The monoisotopic (exact) mass is 442 g/mol. The predicted molar refractivity (Wildman–Crippen MR) is 121 cm³/mol. The number of carbonyl (C=O) groups is 1. The van der Waals surface area contributed by atoms with Gasteiger partial charge in [-0.05, 0) is 54.1 Å². The van der Waals surface area contributed by atoms with Crippen molar-refractivity contribution >= 4 is 39.1 Å². The summed E-state index contributed by atoms with van der Waals surface area (Å²) in [7, 11) is -2.06. The fourth-order valence-electron chi connectivity index (χ4n) is 2.62. The van der Waals surface area contributed by atoms with Crippen LogP contribution in [0.4, 0.5) is 11.4 Å². The average Bonchev–Trinajstić information content (AvgIpc) is 2.75. The molecule has 0 spiro atoms. The lowest BCUT2D eigenvalue weighted by Crippen LogP contribution is -2.15. The number of anilines is 2. The molecule has 0 saturated carbocycles. The summed E-state index contributed by atoms with van der Waals surface area (Å²) in [6.07, 6.45) is 0. The molecule has 6 nitrogen and oxygen atoms in total. The molecule has 0 fully saturated rings. The Labute approximate surface area is 180 Å². The Morgan fingerprint density at radius 3 is 2.20 bits per heavy atom. The second kappa shape index (κ2) is 10.2. The SMILES string of the molecule is COc1ccc(CSCC(=O)Nc2ccc(S(=O)(=O)Nc3ccccc3)cc2)cc1. The summed E-state index contributed by atoms with van der Waals surface area (Å²) < 4.78 is 32.5. The van der Waals surface area contributed by atoms with Crippen molar-refractivity contribution in [3.8, 4) is 5.75 Å². The van der Waals surface area contributed by atoms with Gasteiger partial charge in [-0.2, -0.15) is 0 Å². The maximum absolute atomic E-state index is 12.4. The number of para-hydroxylation sites is 1. The van der Waals surface area contributed by atoms with E-state index in [2.05, 4.69) is 10.0 Å². The first-order valence-electron chi connectivity index (χ1n) is 9.15. The molecule has 0 radical (unpaired) electrons. The van der Waals surface area contributed by atoms with Gasteiger partial charge < -0.3 is 10.1 Å². The minimum atomic E-state index is -3.68. The van der Waals surface area contributed by atoms with Crippen LogP contribution < -0.4 is 14.8 Å². The van der Waals surface area contributed by atoms with E-state index in [0.29, 0.717) is 22.9 Å². The van der Waals surface area contributed by atoms with E-state index in [1.807, 2.05) is 30.3 Å². The highest BCUT2D eigenvalue weighted by Gasteiger charge is 2.14. The standard InChI is InChI=1S/C22H22N2O4S2/c1-28-20-11-7-17(8-12-20)15-29-16-22(25)23-18-9-13-21(14-10-18)30(26,27)24-19-5-3-2-4-6-19/h2-14,24H,15-16H2,1H3,(H,23,25). The van der Waals surface area contributed by atoms with Crippen LogP contribution in [0.15, 0.2) is 83.8 Å². The van der Waals surface area contributed by atoms with Crippen LogP contribution in [0.1, 0.15) is 5.56 Å². The van der Waals surface area contributed by atoms with Gasteiger partial charge in [-0.1, -0.05) is 30.3 Å². The van der Waals surface area contributed by atoms with Crippen LogP contribution >= 0.6 is 11.8 Å². The highest BCUT2D eigenvalue weighted by Crippen LogP contribution is 2.19. The number of hydrogen-bond acceptors (Lipinski definition) is 5. The first kappa shape index (κ1) is 21.7. The summed E-state index contributed by atoms with van der Waals surface area (Å²) in [6, 6.07) is 22.4. The van der Waals surface area contributed by atoms with E-state index in [-0.39, 0.29) is 10.8 Å². The minimum Gasteiger partial charge on any atom is -0.497 e. The van der Waals surface area contributed by atoms with Crippen LogP contribution in [0.5, 0.6) is 5.75 Å². The van der Waals surface area contributed by atoms with Crippen molar-refractivity contribution in [1.29, 1.82) is 0 Å². The molecule has 0 saturated heterocycles. The van der Waals surface area contributed by atoms with Gasteiger partial charge in [-0.3, -0.25) is 9.52 Å². The third kappa shape index (κ3) is 6.27. The van der Waals surface area contributed by atoms with Gasteiger partial charge in [0.15, 0.2) is 0 Å². The average molecular weight is 443 g/mol. The number of hydrogen-bond donors (Lipinski definition) is 2. The van der Waals surface area contributed by atoms with Gasteiger partial charge in [-0.25, -0.2) is 8.42 Å². The highest BCUT2D eigenvalue weighted by atomic mass is 32.2. The molecule has 1 amide bonds. The van der Waals surface area contributed by atoms with E-state index in [4.69, 9.17) is 4.74 Å². The highest BCUT2D eigenvalue weighted by molar-refractivity contribution is 7.99. The molecule has 0 aliphatic heterocycles. The number of rotatable bonds is 9. The normalized spacial score (nSPS) is 11.0. The minimum absolute atomic E-state index is 0.123. The summed E-state index contributed by atoms with van der Waals surface area (Å²) >= 11 is 1.50. The van der Waals surface area contributed by atoms with Gasteiger partial charge in [0.05, 0.1) is 17.8 Å². The van der Waals surface area contributed by atoms with Crippen LogP contribution in [0, 0.1) is 0 Å². The summed E-state index contributed by atoms with van der Waals surface area (Å²) in [6.45, 7) is 0. The van der Waals surface area contributed by atoms with Gasteiger partial charge in [-0.15, -0.1) is 11.8 Å². The Morgan fingerprint density at radius 1 is 0.900 bits per heavy atom. The number of methoxy groups -OCH3 is 1. The lowest BCUT2D eigenvalue weighted by atomic mass is 10.2. The lowest BCUT2D eigenvalue weighted by Gasteiger charge is -2.09. The number of nitrogens with one attached hydrogen (secondary N) is 2. The third-order valence-electron chi connectivity index (χ3n) is 4.14. The zero-order valence-electron chi connectivity index (χ0n) is 16.4. The summed E-state index contributed by atoms with van der Waals surface area (Å²) in [4.78, 5) is 12.3. The number of benzene rings is 3. The van der Waals surface area contributed by atoms with Crippen LogP contribution in [0.3, 0.4) is 0 Å². The molecule has 3 aromatic rings. The molecular weight excluding hydrogens is 420 g/mol. The van der Waals surface area contributed by atoms with Gasteiger partial charge in [0.1, 0.15) is 5.75 Å². The van der Waals surface area contributed by atoms with E-state index in [9.17, 15) is 13.2 Å². The fourth-order valence-corrected chi connectivity index (χ4v) is 4.46. The number of amides is 1. The Hall–Kier alpha value is -2.97. The molecule has 3 aromatic carbocycles. The van der Waals surface area contributed by atoms with Gasteiger partial charge in [0, 0.05) is 17.1 Å². The van der Waals surface area contributed by atoms with Crippen LogP contribution in [-0.2, 0) is 20.6 Å². The summed E-state index contributed by atoms with van der Waals surface area (Å²) in [5.74, 6) is 1.65. The molecule has 0 heterocycles. The zero-order chi connectivity index (χ0) is 21.4. The third-order valence-corrected chi connectivity index (χ3v) is 6.54. The van der Waals surface area contributed by atoms with Crippen LogP contribution in [-0.4, -0.2) is 27.2 Å². The van der Waals surface area contributed by atoms with Crippen molar-refractivity contribution < 1.29 is 17.9 Å². The first-order chi connectivity index (χ1) is 14.5. The van der Waals surface area contributed by atoms with E-state index in [1.54, 1.807) is 43.5 Å². The Bertz CT molecular complexity index is 1070. The molecule has 0 bridgehead atoms. The van der Waals surface area contributed by atoms with E-state index in [0.717, 1.165) is 11.3 Å². The van der Waals surface area contributed by atoms with Crippen molar-refractivity contribution in [3.63, 3.8) is 0 Å². The molecule has 8 heteroatoms. The van der Waals surface area contributed by atoms with Gasteiger partial charge in [0.25, 0.3) is 10.0 Å². The maximum Gasteiger partial charge on any atom is 0.261 e. The fraction of sp³-hybridized carbons (Fsp3) is 0.136. The number of thioether (sulfide) groups is 1. The second-order valence-corrected chi connectivity index (χ2v) is 9.05. The number of sulfonamides is 1. The summed E-state index contributed by atoms with van der Waals surface area (Å²) in [5.41, 5.74) is 2.14. The lowest BCUT2D eigenvalue weighted by molar-refractivity contribution is -0.113. The molecule has 2 N–H and O–H groups in total. The molecule has 0 aliphatic carbocycles. The predicted octanol–water partition coefficient (Wildman–Crippen LogP) is 4.37. The zero-order valence-corrected chi connectivity index (χ0v) is 18.0. The van der Waals surface area contributed by atoms with Crippen LogP contribution in [0.2, 0.25) is 0 Å². The molecule has 0 aromatic heterocycles. The Morgan fingerprint density at radius 2 is 1.57 bits per heavy atom. The van der Waals surface area contributed by atoms with Crippen molar-refractivity contribution in [1.82, 2.24) is 0 Å². The quantitative estimate of drug-likeness (QED) is 0.514. The summed E-state index contributed by atoms with van der Waals surface area (Å²) in [5, 5.41) is 2.78. The molecule has 0 aliphatic rings. The smallest absolute Gasteiger partial charge is 0.261 e. The molecule has 0 atom stereocenters. The molecule has 3 rings (SSSR count). The topological polar surface area (TPSA) is 84.5 Å². The van der Waals surface area contributed by atoms with E-state index < -0.39 is 10.0 Å². The van der Waals surface area contributed by atoms with E-state index >= 15 is 0 Å². The van der Waals surface area contributed by atoms with Crippen molar-refractivity contribution in [2.45, 2.75) is 10.6 Å². The van der Waals surface area contributed by atoms with Crippen molar-refractivity contribution in [2.75, 3.05) is 22.9 Å². The number of carbonyl (C=O) groups excluding carboxylic acids is 1. The first-order valence-corrected chi connectivity index (χ1v) is 11.8. The molecule has 30 heavy (non-hydrogen) atoms. The van der Waals surface area contributed by atoms with Crippen molar-refractivity contribution in [3.05, 3.63) is 84.4 Å². The Kier molecular flexibility index (Phi) is 7.37.